The van der Waals surface area contributed by atoms with Crippen LogP contribution in [0.4, 0.5) is 8.78 Å². The minimum atomic E-state index is -0.725. The highest BCUT2D eigenvalue weighted by Gasteiger charge is 2.29. The maximum absolute atomic E-state index is 13.8. The maximum Gasteiger partial charge on any atom is 0.170 e. The minimum absolute atomic E-state index is 0.0337. The van der Waals surface area contributed by atoms with Crippen LogP contribution in [0.2, 0.25) is 0 Å². The van der Waals surface area contributed by atoms with Crippen LogP contribution >= 0.6 is 15.9 Å². The summed E-state index contributed by atoms with van der Waals surface area (Å²) in [5.74, 6) is -1.07. The van der Waals surface area contributed by atoms with Crippen molar-refractivity contribution in [3.63, 3.8) is 0 Å². The van der Waals surface area contributed by atoms with E-state index in [0.29, 0.717) is 11.3 Å². The van der Waals surface area contributed by atoms with Crippen LogP contribution in [0.1, 0.15) is 28.4 Å². The molecule has 1 atom stereocenters. The molecule has 0 aromatic heterocycles. The number of ketones is 1. The predicted molar refractivity (Wildman–Crippen MR) is 72.8 cm³/mol. The molecule has 0 bridgehead atoms. The van der Waals surface area contributed by atoms with Crippen LogP contribution < -0.4 is 4.74 Å². The summed E-state index contributed by atoms with van der Waals surface area (Å²) in [6.07, 6.45) is -0.691. The van der Waals surface area contributed by atoms with Crippen molar-refractivity contribution in [2.45, 2.75) is 12.5 Å². The number of rotatable bonds is 1. The molecule has 0 saturated carbocycles. The molecule has 0 N–H and O–H groups in total. The topological polar surface area (TPSA) is 26.3 Å². The lowest BCUT2D eigenvalue weighted by molar-refractivity contribution is 0.0845. The minimum Gasteiger partial charge on any atom is -0.484 e. The molecule has 0 aliphatic carbocycles. The molecule has 3 rings (SSSR count). The van der Waals surface area contributed by atoms with E-state index in [0.717, 1.165) is 16.6 Å². The molecule has 0 fully saturated rings. The van der Waals surface area contributed by atoms with E-state index in [1.807, 2.05) is 0 Å². The molecule has 20 heavy (non-hydrogen) atoms. The van der Waals surface area contributed by atoms with Crippen LogP contribution in [0.25, 0.3) is 0 Å². The van der Waals surface area contributed by atoms with Crippen molar-refractivity contribution in [1.29, 1.82) is 0 Å². The fourth-order valence-electron chi connectivity index (χ4n) is 2.23. The van der Waals surface area contributed by atoms with E-state index in [9.17, 15) is 13.6 Å². The highest BCUT2D eigenvalue weighted by atomic mass is 79.9. The van der Waals surface area contributed by atoms with Gasteiger partial charge in [0.25, 0.3) is 0 Å². The molecule has 0 saturated heterocycles. The average Bonchev–Trinajstić information content (AvgIpc) is 2.39. The van der Waals surface area contributed by atoms with Crippen molar-refractivity contribution in [1.82, 2.24) is 0 Å². The van der Waals surface area contributed by atoms with E-state index in [4.69, 9.17) is 4.74 Å². The van der Waals surface area contributed by atoms with Gasteiger partial charge in [-0.05, 0) is 30.3 Å². The molecule has 2 aromatic rings. The number of halogens is 3. The van der Waals surface area contributed by atoms with E-state index in [-0.39, 0.29) is 17.8 Å². The SMILES string of the molecule is O=C1CC(c2ccc(F)cc2F)Oc2ccc(Br)cc21. The van der Waals surface area contributed by atoms with Gasteiger partial charge in [-0.2, -0.15) is 0 Å². The second-order valence-electron chi connectivity index (χ2n) is 4.54. The van der Waals surface area contributed by atoms with E-state index in [1.165, 1.54) is 6.07 Å². The summed E-state index contributed by atoms with van der Waals surface area (Å²) in [6, 6.07) is 8.34. The smallest absolute Gasteiger partial charge is 0.170 e. The lowest BCUT2D eigenvalue weighted by Crippen LogP contribution is -2.21. The van der Waals surface area contributed by atoms with Crippen molar-refractivity contribution in [2.75, 3.05) is 0 Å². The van der Waals surface area contributed by atoms with Gasteiger partial charge in [0, 0.05) is 16.1 Å². The lowest BCUT2D eigenvalue weighted by atomic mass is 9.96. The first-order valence-electron chi connectivity index (χ1n) is 5.99. The largest absolute Gasteiger partial charge is 0.484 e. The quantitative estimate of drug-likeness (QED) is 0.768. The summed E-state index contributed by atoms with van der Waals surface area (Å²) in [4.78, 5) is 12.1. The summed E-state index contributed by atoms with van der Waals surface area (Å²) < 4.78 is 33.1. The van der Waals surface area contributed by atoms with Crippen LogP contribution in [0.5, 0.6) is 5.75 Å². The third-order valence-electron chi connectivity index (χ3n) is 3.19. The molecule has 102 valence electrons. The zero-order valence-electron chi connectivity index (χ0n) is 10.2. The Labute approximate surface area is 122 Å². The first-order valence-corrected chi connectivity index (χ1v) is 6.78. The third kappa shape index (κ3) is 2.33. The summed E-state index contributed by atoms with van der Waals surface area (Å²) in [6.45, 7) is 0. The van der Waals surface area contributed by atoms with E-state index in [1.54, 1.807) is 18.2 Å². The second-order valence-corrected chi connectivity index (χ2v) is 5.46. The van der Waals surface area contributed by atoms with Crippen molar-refractivity contribution >= 4 is 21.7 Å². The molecule has 1 unspecified atom stereocenters. The maximum atomic E-state index is 13.8. The zero-order valence-corrected chi connectivity index (χ0v) is 11.8. The predicted octanol–water partition coefficient (Wildman–Crippen LogP) is 4.43. The van der Waals surface area contributed by atoms with Crippen LogP contribution in [0, 0.1) is 11.6 Å². The van der Waals surface area contributed by atoms with Gasteiger partial charge in [-0.3, -0.25) is 4.79 Å². The van der Waals surface area contributed by atoms with Gasteiger partial charge in [0.15, 0.2) is 5.78 Å². The summed E-state index contributed by atoms with van der Waals surface area (Å²) in [7, 11) is 0. The Kier molecular flexibility index (Phi) is 3.30. The van der Waals surface area contributed by atoms with Crippen molar-refractivity contribution in [3.8, 4) is 5.75 Å². The Morgan fingerprint density at radius 2 is 1.95 bits per heavy atom. The van der Waals surface area contributed by atoms with Crippen LogP contribution in [-0.4, -0.2) is 5.78 Å². The van der Waals surface area contributed by atoms with Crippen molar-refractivity contribution in [2.24, 2.45) is 0 Å². The number of fused-ring (bicyclic) bond motifs is 1. The van der Waals surface area contributed by atoms with Gasteiger partial charge in [-0.25, -0.2) is 8.78 Å². The Bertz CT molecular complexity index is 700. The molecular formula is C15H9BrF2O2. The number of benzene rings is 2. The van der Waals surface area contributed by atoms with Gasteiger partial charge in [0.05, 0.1) is 12.0 Å². The highest BCUT2D eigenvalue weighted by molar-refractivity contribution is 9.10. The Balaban J connectivity index is 1.99. The molecule has 0 radical (unpaired) electrons. The molecule has 0 amide bonds. The van der Waals surface area contributed by atoms with Gasteiger partial charge in [0.2, 0.25) is 0 Å². The summed E-state index contributed by atoms with van der Waals surface area (Å²) in [5.41, 5.74) is 0.659. The monoisotopic (exact) mass is 338 g/mol. The van der Waals surface area contributed by atoms with E-state index >= 15 is 0 Å². The van der Waals surface area contributed by atoms with Gasteiger partial charge in [0.1, 0.15) is 23.5 Å². The molecule has 1 heterocycles. The normalized spacial score (nSPS) is 17.6. The molecule has 2 aromatic carbocycles. The standard InChI is InChI=1S/C15H9BrF2O2/c16-8-1-4-14-11(5-8)13(19)7-15(20-14)10-3-2-9(17)6-12(10)18/h1-6,15H,7H2. The highest BCUT2D eigenvalue weighted by Crippen LogP contribution is 2.36. The van der Waals surface area contributed by atoms with Gasteiger partial charge < -0.3 is 4.74 Å². The van der Waals surface area contributed by atoms with Gasteiger partial charge >= 0.3 is 0 Å². The second kappa shape index (κ2) is 4.98. The molecule has 2 nitrogen and oxygen atoms in total. The first-order chi connectivity index (χ1) is 9.54. The lowest BCUT2D eigenvalue weighted by Gasteiger charge is -2.25. The molecule has 0 spiro atoms. The number of carbonyl (C=O) groups excluding carboxylic acids is 1. The average molecular weight is 339 g/mol. The van der Waals surface area contributed by atoms with Crippen LogP contribution in [0.3, 0.4) is 0 Å². The Morgan fingerprint density at radius 1 is 1.15 bits per heavy atom. The van der Waals surface area contributed by atoms with Crippen LogP contribution in [0.15, 0.2) is 40.9 Å². The first kappa shape index (κ1) is 13.2. The van der Waals surface area contributed by atoms with E-state index < -0.39 is 17.7 Å². The number of hydrogen-bond acceptors (Lipinski definition) is 2. The zero-order chi connectivity index (χ0) is 14.3. The van der Waals surface area contributed by atoms with Gasteiger partial charge in [-0.15, -0.1) is 0 Å². The Hall–Kier alpha value is -1.75. The summed E-state index contributed by atoms with van der Waals surface area (Å²) >= 11 is 3.29. The van der Waals surface area contributed by atoms with Crippen LogP contribution in [-0.2, 0) is 0 Å². The number of carbonyl (C=O) groups is 1. The fraction of sp³-hybridized carbons (Fsp3) is 0.133. The van der Waals surface area contributed by atoms with Gasteiger partial charge in [-0.1, -0.05) is 15.9 Å². The third-order valence-corrected chi connectivity index (χ3v) is 3.68. The summed E-state index contributed by atoms with van der Waals surface area (Å²) in [5, 5.41) is 0. The Morgan fingerprint density at radius 3 is 2.70 bits per heavy atom. The van der Waals surface area contributed by atoms with E-state index in [2.05, 4.69) is 15.9 Å². The molecule has 1 aliphatic rings. The number of ether oxygens (including phenoxy) is 1. The molecular weight excluding hydrogens is 330 g/mol. The number of hydrogen-bond donors (Lipinski definition) is 0. The van der Waals surface area contributed by atoms with Crippen molar-refractivity contribution < 1.29 is 18.3 Å². The number of Topliss-reactive ketones (excluding diaryl/α,β-unsaturated/α-hetero) is 1. The molecule has 5 heteroatoms. The van der Waals surface area contributed by atoms with Crippen molar-refractivity contribution in [3.05, 3.63) is 63.6 Å². The molecule has 1 aliphatic heterocycles. The fourth-order valence-corrected chi connectivity index (χ4v) is 2.59.